The molecule has 0 saturated carbocycles. The highest BCUT2D eigenvalue weighted by molar-refractivity contribution is 5.64. The Bertz CT molecular complexity index is 925. The predicted octanol–water partition coefficient (Wildman–Crippen LogP) is 5.19. The fourth-order valence-corrected chi connectivity index (χ4v) is 3.36. The van der Waals surface area contributed by atoms with E-state index in [0.717, 1.165) is 22.3 Å². The van der Waals surface area contributed by atoms with Crippen molar-refractivity contribution in [2.75, 3.05) is 6.61 Å². The van der Waals surface area contributed by atoms with Crippen LogP contribution < -0.4 is 4.74 Å². The quantitative estimate of drug-likeness (QED) is 0.616. The van der Waals surface area contributed by atoms with Crippen molar-refractivity contribution in [3.8, 4) is 16.9 Å². The van der Waals surface area contributed by atoms with Crippen molar-refractivity contribution in [1.82, 2.24) is 9.97 Å². The minimum absolute atomic E-state index is 0.0189. The lowest BCUT2D eigenvalue weighted by Gasteiger charge is -2.33. The van der Waals surface area contributed by atoms with E-state index in [0.29, 0.717) is 0 Å². The fourth-order valence-electron chi connectivity index (χ4n) is 3.36. The maximum Gasteiger partial charge on any atom is 0.573 e. The molecule has 29 heavy (non-hydrogen) atoms. The molecule has 0 saturated heterocycles. The van der Waals surface area contributed by atoms with E-state index < -0.39 is 11.8 Å². The number of halogens is 3. The summed E-state index contributed by atoms with van der Waals surface area (Å²) in [6.07, 6.45) is 0.228. The molecule has 3 rings (SSSR count). The largest absolute Gasteiger partial charge is 0.573 e. The number of hydrogen-bond donors (Lipinski definition) is 1. The van der Waals surface area contributed by atoms with Crippen LogP contribution in [0, 0.1) is 5.41 Å². The second-order valence-electron chi connectivity index (χ2n) is 7.45. The molecule has 152 valence electrons. The molecule has 1 N–H and O–H groups in total. The highest BCUT2D eigenvalue weighted by Gasteiger charge is 2.32. The number of aliphatic hydroxyl groups is 1. The van der Waals surface area contributed by atoms with E-state index in [1.54, 1.807) is 24.5 Å². The van der Waals surface area contributed by atoms with E-state index in [1.165, 1.54) is 18.5 Å². The van der Waals surface area contributed by atoms with Crippen molar-refractivity contribution in [2.24, 2.45) is 5.41 Å². The first-order valence-corrected chi connectivity index (χ1v) is 9.01. The third kappa shape index (κ3) is 5.12. The van der Waals surface area contributed by atoms with Gasteiger partial charge in [-0.3, -0.25) is 0 Å². The number of rotatable bonds is 6. The third-order valence-electron chi connectivity index (χ3n) is 4.77. The highest BCUT2D eigenvalue weighted by Crippen LogP contribution is 2.40. The van der Waals surface area contributed by atoms with Gasteiger partial charge < -0.3 is 9.84 Å². The number of ether oxygens (including phenoxy) is 1. The fraction of sp³-hybridized carbons (Fsp3) is 0.273. The van der Waals surface area contributed by atoms with Gasteiger partial charge in [-0.05, 0) is 39.8 Å². The zero-order valence-electron chi connectivity index (χ0n) is 16.0. The van der Waals surface area contributed by atoms with Crippen molar-refractivity contribution in [3.63, 3.8) is 0 Å². The summed E-state index contributed by atoms with van der Waals surface area (Å²) in [5.41, 5.74) is 3.07. The first kappa shape index (κ1) is 20.8. The topological polar surface area (TPSA) is 55.2 Å². The van der Waals surface area contributed by atoms with Crippen LogP contribution in [0.3, 0.4) is 0 Å². The number of hydrogen-bond acceptors (Lipinski definition) is 4. The molecular weight excluding hydrogens is 381 g/mol. The first-order valence-electron chi connectivity index (χ1n) is 9.01. The van der Waals surface area contributed by atoms with E-state index in [2.05, 4.69) is 14.7 Å². The Hall–Kier alpha value is -2.93. The van der Waals surface area contributed by atoms with Crippen LogP contribution in [0.4, 0.5) is 13.2 Å². The molecule has 7 heteroatoms. The molecule has 0 radical (unpaired) electrons. The lowest BCUT2D eigenvalue weighted by Crippen LogP contribution is -2.27. The smallest absolute Gasteiger partial charge is 0.406 e. The summed E-state index contributed by atoms with van der Waals surface area (Å²) in [5.74, 6) is -0.378. The Balaban J connectivity index is 1.88. The van der Waals surface area contributed by atoms with Crippen molar-refractivity contribution >= 4 is 0 Å². The van der Waals surface area contributed by atoms with E-state index >= 15 is 0 Å². The van der Waals surface area contributed by atoms with Crippen LogP contribution in [0.5, 0.6) is 5.75 Å². The van der Waals surface area contributed by atoms with Crippen LogP contribution in [0.1, 0.15) is 30.9 Å². The number of aromatic nitrogens is 2. The summed E-state index contributed by atoms with van der Waals surface area (Å²) < 4.78 is 40.8. The molecule has 0 spiro atoms. The number of benzene rings is 2. The van der Waals surface area contributed by atoms with E-state index in [9.17, 15) is 18.3 Å². The van der Waals surface area contributed by atoms with Gasteiger partial charge in [-0.2, -0.15) is 0 Å². The summed E-state index contributed by atoms with van der Waals surface area (Å²) in [6.45, 7) is 3.92. The lowest BCUT2D eigenvalue weighted by molar-refractivity contribution is -0.274. The molecule has 1 atom stereocenters. The number of alkyl halides is 3. The Morgan fingerprint density at radius 1 is 0.862 bits per heavy atom. The summed E-state index contributed by atoms with van der Waals surface area (Å²) >= 11 is 0. The van der Waals surface area contributed by atoms with E-state index in [4.69, 9.17) is 0 Å². The standard InChI is InChI=1S/C22H21F3N2O2/c1-21(2,13-28)20(18-11-26-14-27-12-18)17-5-3-15(4-6-17)16-7-9-19(10-8-16)29-22(23,24)25/h3-12,14,20,28H,13H2,1-2H3. The molecule has 1 unspecified atom stereocenters. The van der Waals surface area contributed by atoms with Gasteiger partial charge in [0, 0.05) is 24.9 Å². The average Bonchev–Trinajstić information content (AvgIpc) is 2.69. The van der Waals surface area contributed by atoms with Crippen LogP contribution in [-0.4, -0.2) is 28.0 Å². The normalized spacial score (nSPS) is 13.2. The Labute approximate surface area is 167 Å². The van der Waals surface area contributed by atoms with Crippen LogP contribution >= 0.6 is 0 Å². The molecule has 0 aliphatic heterocycles. The number of nitrogens with zero attached hydrogens (tertiary/aromatic N) is 2. The summed E-state index contributed by atoms with van der Waals surface area (Å²) in [4.78, 5) is 8.19. The zero-order chi connectivity index (χ0) is 21.1. The maximum absolute atomic E-state index is 12.3. The second kappa shape index (κ2) is 8.21. The van der Waals surface area contributed by atoms with E-state index in [1.807, 2.05) is 38.1 Å². The van der Waals surface area contributed by atoms with Gasteiger partial charge in [-0.1, -0.05) is 50.2 Å². The monoisotopic (exact) mass is 402 g/mol. The van der Waals surface area contributed by atoms with Gasteiger partial charge in [0.1, 0.15) is 12.1 Å². The van der Waals surface area contributed by atoms with Crippen molar-refractivity contribution in [3.05, 3.63) is 78.4 Å². The minimum atomic E-state index is -4.71. The average molecular weight is 402 g/mol. The summed E-state index contributed by atoms with van der Waals surface area (Å²) in [7, 11) is 0. The highest BCUT2D eigenvalue weighted by atomic mass is 19.4. The molecule has 0 bridgehead atoms. The van der Waals surface area contributed by atoms with Gasteiger partial charge in [0.2, 0.25) is 0 Å². The van der Waals surface area contributed by atoms with Gasteiger partial charge in [0.15, 0.2) is 0 Å². The van der Waals surface area contributed by atoms with Crippen LogP contribution in [0.15, 0.2) is 67.3 Å². The molecule has 0 aliphatic carbocycles. The third-order valence-corrected chi connectivity index (χ3v) is 4.77. The lowest BCUT2D eigenvalue weighted by atomic mass is 9.72. The van der Waals surface area contributed by atoms with Crippen LogP contribution in [0.2, 0.25) is 0 Å². The maximum atomic E-state index is 12.3. The molecule has 0 aliphatic rings. The molecular formula is C22H21F3N2O2. The van der Waals surface area contributed by atoms with Gasteiger partial charge in [-0.25, -0.2) is 9.97 Å². The minimum Gasteiger partial charge on any atom is -0.406 e. The molecule has 1 aromatic heterocycles. The second-order valence-corrected chi connectivity index (χ2v) is 7.45. The van der Waals surface area contributed by atoms with Gasteiger partial charge in [0.05, 0.1) is 0 Å². The zero-order valence-corrected chi connectivity index (χ0v) is 16.0. The molecule has 0 amide bonds. The van der Waals surface area contributed by atoms with Crippen LogP contribution in [-0.2, 0) is 0 Å². The van der Waals surface area contributed by atoms with E-state index in [-0.39, 0.29) is 18.3 Å². The van der Waals surface area contributed by atoms with Gasteiger partial charge in [0.25, 0.3) is 0 Å². The molecule has 4 nitrogen and oxygen atoms in total. The van der Waals surface area contributed by atoms with Crippen molar-refractivity contribution in [2.45, 2.75) is 26.1 Å². The summed E-state index contributed by atoms with van der Waals surface area (Å²) in [5, 5.41) is 9.89. The van der Waals surface area contributed by atoms with Gasteiger partial charge in [-0.15, -0.1) is 13.2 Å². The Morgan fingerprint density at radius 3 is 1.86 bits per heavy atom. The predicted molar refractivity (Wildman–Crippen MR) is 103 cm³/mol. The first-order chi connectivity index (χ1) is 13.7. The van der Waals surface area contributed by atoms with Crippen molar-refractivity contribution < 1.29 is 23.0 Å². The molecule has 0 fully saturated rings. The Morgan fingerprint density at radius 2 is 1.38 bits per heavy atom. The van der Waals surface area contributed by atoms with Crippen LogP contribution in [0.25, 0.3) is 11.1 Å². The molecule has 1 heterocycles. The SMILES string of the molecule is CC(C)(CO)C(c1ccc(-c2ccc(OC(F)(F)F)cc2)cc1)c1cncnc1. The molecule has 2 aromatic carbocycles. The number of aliphatic hydroxyl groups excluding tert-OH is 1. The summed E-state index contributed by atoms with van der Waals surface area (Å²) in [6, 6.07) is 13.4. The van der Waals surface area contributed by atoms with Crippen molar-refractivity contribution in [1.29, 1.82) is 0 Å². The van der Waals surface area contributed by atoms with Gasteiger partial charge >= 0.3 is 6.36 Å². The Kier molecular flexibility index (Phi) is 5.88. The molecule has 3 aromatic rings.